The van der Waals surface area contributed by atoms with Gasteiger partial charge in [-0.1, -0.05) is 11.6 Å². The van der Waals surface area contributed by atoms with Gasteiger partial charge in [0.05, 0.1) is 16.6 Å². The summed E-state index contributed by atoms with van der Waals surface area (Å²) in [5, 5.41) is 0.649. The normalized spacial score (nSPS) is 20.2. The zero-order chi connectivity index (χ0) is 17.0. The van der Waals surface area contributed by atoms with Gasteiger partial charge in [-0.2, -0.15) is 0 Å². The quantitative estimate of drug-likeness (QED) is 0.775. The van der Waals surface area contributed by atoms with Gasteiger partial charge in [-0.15, -0.1) is 0 Å². The lowest BCUT2D eigenvalue weighted by atomic mass is 10.0. The van der Waals surface area contributed by atoms with E-state index in [1.165, 1.54) is 12.4 Å². The first-order chi connectivity index (χ1) is 10.8. The molecule has 0 saturated carbocycles. The maximum atomic E-state index is 12.5. The Morgan fingerprint density at radius 2 is 2.17 bits per heavy atom. The summed E-state index contributed by atoms with van der Waals surface area (Å²) in [7, 11) is -1.34. The summed E-state index contributed by atoms with van der Waals surface area (Å²) in [6.07, 6.45) is 3.69. The fraction of sp³-hybridized carbons (Fsp3) is 0.667. The summed E-state index contributed by atoms with van der Waals surface area (Å²) in [5.41, 5.74) is -0.543. The molecule has 0 unspecified atom stereocenters. The number of piperidine rings is 1. The summed E-state index contributed by atoms with van der Waals surface area (Å²) in [6.45, 7) is 6.14. The lowest BCUT2D eigenvalue weighted by Crippen LogP contribution is -2.48. The van der Waals surface area contributed by atoms with Gasteiger partial charge in [0, 0.05) is 18.7 Å². The first-order valence-corrected chi connectivity index (χ1v) is 9.31. The van der Waals surface area contributed by atoms with E-state index in [9.17, 15) is 9.00 Å². The van der Waals surface area contributed by atoms with Crippen LogP contribution in [0.15, 0.2) is 17.4 Å². The predicted molar refractivity (Wildman–Crippen MR) is 88.9 cm³/mol. The van der Waals surface area contributed by atoms with Crippen LogP contribution in [-0.2, 0) is 15.5 Å². The average molecular weight is 360 g/mol. The molecule has 2 atom stereocenters. The molecule has 2 rings (SSSR count). The predicted octanol–water partition coefficient (Wildman–Crippen LogP) is 3.03. The molecule has 1 aromatic rings. The molecule has 6 nitrogen and oxygen atoms in total. The maximum Gasteiger partial charge on any atom is 0.410 e. The van der Waals surface area contributed by atoms with Gasteiger partial charge in [-0.3, -0.25) is 4.21 Å². The minimum Gasteiger partial charge on any atom is -0.444 e. The van der Waals surface area contributed by atoms with E-state index in [0.29, 0.717) is 17.3 Å². The number of ether oxygens (including phenoxy) is 1. The number of hydrogen-bond donors (Lipinski definition) is 0. The van der Waals surface area contributed by atoms with Crippen molar-refractivity contribution in [3.8, 4) is 0 Å². The van der Waals surface area contributed by atoms with E-state index in [-0.39, 0.29) is 17.3 Å². The van der Waals surface area contributed by atoms with Gasteiger partial charge < -0.3 is 9.64 Å². The Balaban J connectivity index is 2.06. The van der Waals surface area contributed by atoms with Crippen LogP contribution in [0.2, 0.25) is 5.15 Å². The lowest BCUT2D eigenvalue weighted by Gasteiger charge is -2.36. The molecule has 0 aliphatic carbocycles. The highest BCUT2D eigenvalue weighted by molar-refractivity contribution is 7.85. The van der Waals surface area contributed by atoms with E-state index in [1.807, 2.05) is 20.8 Å². The third-order valence-corrected chi connectivity index (χ3v) is 5.02. The van der Waals surface area contributed by atoms with Gasteiger partial charge in [0.25, 0.3) is 0 Å². The molecule has 0 bridgehead atoms. The lowest BCUT2D eigenvalue weighted by molar-refractivity contribution is 0.0125. The van der Waals surface area contributed by atoms with Crippen LogP contribution in [0, 0.1) is 0 Å². The minimum absolute atomic E-state index is 0.117. The van der Waals surface area contributed by atoms with E-state index < -0.39 is 16.4 Å². The van der Waals surface area contributed by atoms with Crippen molar-refractivity contribution in [3.05, 3.63) is 17.5 Å². The van der Waals surface area contributed by atoms with Crippen LogP contribution in [0.25, 0.3) is 0 Å². The Morgan fingerprint density at radius 1 is 1.43 bits per heavy atom. The number of rotatable bonds is 3. The molecule has 1 amide bonds. The molecule has 0 aromatic carbocycles. The van der Waals surface area contributed by atoms with Crippen molar-refractivity contribution in [2.75, 3.05) is 12.3 Å². The Labute approximate surface area is 144 Å². The SMILES string of the molecule is CC(C)(C)OC(=O)N1CCCC[C@H]1C[S@](=O)c1cc(Cl)ncn1. The van der Waals surface area contributed by atoms with Crippen LogP contribution in [0.3, 0.4) is 0 Å². The number of halogens is 1. The molecule has 1 aliphatic rings. The molecule has 128 valence electrons. The minimum atomic E-state index is -1.34. The first kappa shape index (κ1) is 18.1. The number of aromatic nitrogens is 2. The van der Waals surface area contributed by atoms with Gasteiger partial charge in [0.1, 0.15) is 22.1 Å². The van der Waals surface area contributed by atoms with Crippen LogP contribution < -0.4 is 0 Å². The van der Waals surface area contributed by atoms with Crippen LogP contribution in [0.5, 0.6) is 0 Å². The second-order valence-electron chi connectivity index (χ2n) is 6.51. The van der Waals surface area contributed by atoms with Crippen LogP contribution in [0.4, 0.5) is 4.79 Å². The van der Waals surface area contributed by atoms with E-state index >= 15 is 0 Å². The van der Waals surface area contributed by atoms with Crippen LogP contribution >= 0.6 is 11.6 Å². The summed E-state index contributed by atoms with van der Waals surface area (Å²) in [6, 6.07) is 1.38. The first-order valence-electron chi connectivity index (χ1n) is 7.62. The van der Waals surface area contributed by atoms with E-state index in [4.69, 9.17) is 16.3 Å². The van der Waals surface area contributed by atoms with Crippen molar-refractivity contribution >= 4 is 28.5 Å². The monoisotopic (exact) mass is 359 g/mol. The molecule has 1 fully saturated rings. The van der Waals surface area contributed by atoms with Gasteiger partial charge in [0.2, 0.25) is 0 Å². The van der Waals surface area contributed by atoms with Crippen molar-refractivity contribution in [1.82, 2.24) is 14.9 Å². The smallest absolute Gasteiger partial charge is 0.410 e. The molecule has 23 heavy (non-hydrogen) atoms. The Bertz CT molecular complexity index is 592. The molecular formula is C15H22ClN3O3S. The number of nitrogens with zero attached hydrogens (tertiary/aromatic N) is 3. The number of hydrogen-bond acceptors (Lipinski definition) is 5. The molecular weight excluding hydrogens is 338 g/mol. The van der Waals surface area contributed by atoms with Gasteiger partial charge in [-0.25, -0.2) is 14.8 Å². The van der Waals surface area contributed by atoms with Crippen LogP contribution in [0.1, 0.15) is 40.0 Å². The fourth-order valence-corrected chi connectivity index (χ4v) is 3.92. The molecule has 8 heteroatoms. The number of carbonyl (C=O) groups is 1. The Kier molecular flexibility index (Phi) is 5.97. The largest absolute Gasteiger partial charge is 0.444 e. The van der Waals surface area contributed by atoms with Crippen LogP contribution in [-0.4, -0.2) is 49.1 Å². The van der Waals surface area contributed by atoms with E-state index in [0.717, 1.165) is 19.3 Å². The highest BCUT2D eigenvalue weighted by atomic mass is 35.5. The van der Waals surface area contributed by atoms with Crippen molar-refractivity contribution in [1.29, 1.82) is 0 Å². The molecule has 2 heterocycles. The average Bonchev–Trinajstić information content (AvgIpc) is 2.46. The molecule has 1 saturated heterocycles. The molecule has 1 aromatic heterocycles. The molecule has 0 radical (unpaired) electrons. The zero-order valence-electron chi connectivity index (χ0n) is 13.6. The maximum absolute atomic E-state index is 12.5. The van der Waals surface area contributed by atoms with Gasteiger partial charge in [0.15, 0.2) is 0 Å². The van der Waals surface area contributed by atoms with Gasteiger partial charge >= 0.3 is 6.09 Å². The highest BCUT2D eigenvalue weighted by Crippen LogP contribution is 2.22. The molecule has 1 aliphatic heterocycles. The standard InChI is InChI=1S/C15H22ClN3O3S/c1-15(2,3)22-14(20)19-7-5-4-6-11(19)9-23(21)13-8-12(16)17-10-18-13/h8,10-11H,4-7,9H2,1-3H3/t11-,23-/m0/s1. The highest BCUT2D eigenvalue weighted by Gasteiger charge is 2.31. The topological polar surface area (TPSA) is 72.4 Å². The Morgan fingerprint density at radius 3 is 2.83 bits per heavy atom. The number of carbonyl (C=O) groups excluding carboxylic acids is 1. The number of likely N-dealkylation sites (tertiary alicyclic amines) is 1. The Hall–Kier alpha value is -1.21. The third kappa shape index (κ3) is 5.42. The van der Waals surface area contributed by atoms with Crippen molar-refractivity contribution in [2.45, 2.75) is 56.7 Å². The summed E-state index contributed by atoms with van der Waals surface area (Å²) in [5.74, 6) is 0.326. The van der Waals surface area contributed by atoms with Crippen molar-refractivity contribution < 1.29 is 13.7 Å². The second-order valence-corrected chi connectivity index (χ2v) is 8.34. The number of amides is 1. The summed E-state index contributed by atoms with van der Waals surface area (Å²) < 4.78 is 18.0. The fourth-order valence-electron chi connectivity index (χ4n) is 2.44. The second kappa shape index (κ2) is 7.57. The molecule has 0 N–H and O–H groups in total. The van der Waals surface area contributed by atoms with E-state index in [1.54, 1.807) is 4.90 Å². The zero-order valence-corrected chi connectivity index (χ0v) is 15.2. The van der Waals surface area contributed by atoms with E-state index in [2.05, 4.69) is 9.97 Å². The van der Waals surface area contributed by atoms with Crippen molar-refractivity contribution in [2.24, 2.45) is 0 Å². The summed E-state index contributed by atoms with van der Waals surface area (Å²) in [4.78, 5) is 21.8. The molecule has 0 spiro atoms. The van der Waals surface area contributed by atoms with Crippen molar-refractivity contribution in [3.63, 3.8) is 0 Å². The van der Waals surface area contributed by atoms with Gasteiger partial charge in [-0.05, 0) is 40.0 Å². The summed E-state index contributed by atoms with van der Waals surface area (Å²) >= 11 is 5.81. The third-order valence-electron chi connectivity index (χ3n) is 3.44.